The Balaban J connectivity index is 2.13. The van der Waals surface area contributed by atoms with E-state index in [1.807, 2.05) is 0 Å². The number of rotatable bonds is 5. The summed E-state index contributed by atoms with van der Waals surface area (Å²) in [6.07, 6.45) is 0. The van der Waals surface area contributed by atoms with Gasteiger partial charge in [0.2, 0.25) is 0 Å². The molecule has 2 rings (SSSR count). The van der Waals surface area contributed by atoms with Gasteiger partial charge >= 0.3 is 0 Å². The van der Waals surface area contributed by atoms with Crippen LogP contribution < -0.4 is 14.5 Å². The fourth-order valence-corrected chi connectivity index (χ4v) is 1.54. The van der Waals surface area contributed by atoms with Crippen molar-refractivity contribution in [3.05, 3.63) is 53.6 Å². The zero-order valence-electron chi connectivity index (χ0n) is 10.8. The first-order chi connectivity index (χ1) is 9.99. The van der Waals surface area contributed by atoms with E-state index in [2.05, 4.69) is 9.78 Å². The van der Waals surface area contributed by atoms with Crippen LogP contribution in [0.1, 0.15) is 6.92 Å². The Morgan fingerprint density at radius 2 is 1.24 bits per heavy atom. The van der Waals surface area contributed by atoms with Crippen LogP contribution in [0.25, 0.3) is 0 Å². The third-order valence-corrected chi connectivity index (χ3v) is 2.33. The first-order valence-electron chi connectivity index (χ1n) is 5.92. The van der Waals surface area contributed by atoms with E-state index >= 15 is 0 Å². The molecule has 2 aromatic rings. The topological polar surface area (TPSA) is 27.7 Å². The Kier molecular flexibility index (Phi) is 4.52. The van der Waals surface area contributed by atoms with Gasteiger partial charge in [0, 0.05) is 30.3 Å². The SMILES string of the molecule is CCOc1c(F)cc(OOc2cc(F)cc(F)c2)cc1F. The standard InChI is InChI=1S/C14H10F4O3/c1-2-19-14-12(17)6-11(7-13(14)18)21-20-10-4-8(15)3-9(16)5-10/h3-7H,2H2,1H3. The molecule has 0 radical (unpaired) electrons. The molecular formula is C14H10F4O3. The van der Waals surface area contributed by atoms with Crippen molar-refractivity contribution in [1.29, 1.82) is 0 Å². The van der Waals surface area contributed by atoms with E-state index in [-0.39, 0.29) is 18.1 Å². The minimum absolute atomic E-state index is 0.0904. The van der Waals surface area contributed by atoms with Gasteiger partial charge in [0.1, 0.15) is 11.6 Å². The third-order valence-electron chi connectivity index (χ3n) is 2.33. The Bertz CT molecular complexity index is 603. The first kappa shape index (κ1) is 15.0. The summed E-state index contributed by atoms with van der Waals surface area (Å²) in [6.45, 7) is 1.66. The largest absolute Gasteiger partial charge is 0.488 e. The van der Waals surface area contributed by atoms with Gasteiger partial charge in [-0.05, 0) is 6.92 Å². The molecule has 0 aliphatic heterocycles. The normalized spacial score (nSPS) is 10.3. The van der Waals surface area contributed by atoms with Crippen molar-refractivity contribution in [3.63, 3.8) is 0 Å². The minimum atomic E-state index is -0.985. The maximum atomic E-state index is 13.5. The van der Waals surface area contributed by atoms with Crippen molar-refractivity contribution >= 4 is 0 Å². The second kappa shape index (κ2) is 6.34. The smallest absolute Gasteiger partial charge is 0.190 e. The van der Waals surface area contributed by atoms with E-state index in [1.165, 1.54) is 0 Å². The van der Waals surface area contributed by atoms with Gasteiger partial charge in [-0.25, -0.2) is 17.6 Å². The molecule has 0 amide bonds. The Morgan fingerprint density at radius 1 is 0.762 bits per heavy atom. The maximum absolute atomic E-state index is 13.5. The summed E-state index contributed by atoms with van der Waals surface area (Å²) in [7, 11) is 0. The molecule has 0 heterocycles. The van der Waals surface area contributed by atoms with E-state index < -0.39 is 29.0 Å². The van der Waals surface area contributed by atoms with Crippen molar-refractivity contribution in [3.8, 4) is 17.2 Å². The van der Waals surface area contributed by atoms with E-state index in [0.29, 0.717) is 6.07 Å². The summed E-state index contributed by atoms with van der Waals surface area (Å²) in [5, 5.41) is 0. The van der Waals surface area contributed by atoms with Crippen molar-refractivity contribution < 1.29 is 32.1 Å². The second-order valence-electron chi connectivity index (χ2n) is 3.92. The highest BCUT2D eigenvalue weighted by Crippen LogP contribution is 2.27. The summed E-state index contributed by atoms with van der Waals surface area (Å²) in [5.41, 5.74) is 0. The van der Waals surface area contributed by atoms with Gasteiger partial charge in [-0.1, -0.05) is 0 Å². The summed E-state index contributed by atoms with van der Waals surface area (Å²) >= 11 is 0. The van der Waals surface area contributed by atoms with Crippen molar-refractivity contribution in [2.45, 2.75) is 6.92 Å². The lowest BCUT2D eigenvalue weighted by Crippen LogP contribution is -2.04. The lowest BCUT2D eigenvalue weighted by Gasteiger charge is -2.09. The zero-order chi connectivity index (χ0) is 15.4. The van der Waals surface area contributed by atoms with Gasteiger partial charge in [-0.15, -0.1) is 0 Å². The zero-order valence-corrected chi connectivity index (χ0v) is 10.8. The van der Waals surface area contributed by atoms with E-state index in [0.717, 1.165) is 24.3 Å². The molecule has 0 unspecified atom stereocenters. The molecule has 0 aromatic heterocycles. The molecule has 3 nitrogen and oxygen atoms in total. The number of hydrogen-bond donors (Lipinski definition) is 0. The molecule has 0 saturated heterocycles. The van der Waals surface area contributed by atoms with E-state index in [1.54, 1.807) is 6.92 Å². The maximum Gasteiger partial charge on any atom is 0.190 e. The number of ether oxygens (including phenoxy) is 1. The fourth-order valence-electron chi connectivity index (χ4n) is 1.54. The highest BCUT2D eigenvalue weighted by molar-refractivity contribution is 5.35. The van der Waals surface area contributed by atoms with Crippen LogP contribution in [-0.4, -0.2) is 6.61 Å². The predicted molar refractivity (Wildman–Crippen MR) is 65.1 cm³/mol. The molecular weight excluding hydrogens is 292 g/mol. The molecule has 112 valence electrons. The fraction of sp³-hybridized carbons (Fsp3) is 0.143. The van der Waals surface area contributed by atoms with Crippen LogP contribution in [0.2, 0.25) is 0 Å². The molecule has 0 aliphatic carbocycles. The number of benzene rings is 2. The highest BCUT2D eigenvalue weighted by atomic mass is 19.1. The lowest BCUT2D eigenvalue weighted by molar-refractivity contribution is -0.101. The molecule has 0 aliphatic rings. The van der Waals surface area contributed by atoms with Crippen molar-refractivity contribution in [2.75, 3.05) is 6.61 Å². The first-order valence-corrected chi connectivity index (χ1v) is 5.92. The van der Waals surface area contributed by atoms with Gasteiger partial charge in [-0.2, -0.15) is 0 Å². The van der Waals surface area contributed by atoms with Gasteiger partial charge in [0.25, 0.3) is 0 Å². The van der Waals surface area contributed by atoms with Crippen molar-refractivity contribution in [2.24, 2.45) is 0 Å². The highest BCUT2D eigenvalue weighted by Gasteiger charge is 2.14. The second-order valence-corrected chi connectivity index (χ2v) is 3.92. The van der Waals surface area contributed by atoms with Crippen molar-refractivity contribution in [1.82, 2.24) is 0 Å². The average molecular weight is 302 g/mol. The molecule has 0 fully saturated rings. The molecule has 0 spiro atoms. The molecule has 7 heteroatoms. The monoisotopic (exact) mass is 302 g/mol. The van der Waals surface area contributed by atoms with E-state index in [4.69, 9.17) is 4.74 Å². The van der Waals surface area contributed by atoms with Crippen LogP contribution in [0, 0.1) is 23.3 Å². The molecule has 0 N–H and O–H groups in total. The van der Waals surface area contributed by atoms with Gasteiger partial charge in [0.15, 0.2) is 28.9 Å². The number of halogens is 4. The minimum Gasteiger partial charge on any atom is -0.488 e. The predicted octanol–water partition coefficient (Wildman–Crippen LogP) is 4.01. The van der Waals surface area contributed by atoms with Gasteiger partial charge in [-0.3, -0.25) is 9.78 Å². The van der Waals surface area contributed by atoms with Gasteiger partial charge < -0.3 is 4.74 Å². The molecule has 0 saturated carbocycles. The van der Waals surface area contributed by atoms with Crippen LogP contribution in [-0.2, 0) is 0 Å². The van der Waals surface area contributed by atoms with Crippen LogP contribution in [0.3, 0.4) is 0 Å². The van der Waals surface area contributed by atoms with E-state index in [9.17, 15) is 17.6 Å². The van der Waals surface area contributed by atoms with Crippen LogP contribution in [0.5, 0.6) is 17.2 Å². The molecule has 0 bridgehead atoms. The number of hydrogen-bond acceptors (Lipinski definition) is 3. The van der Waals surface area contributed by atoms with Crippen LogP contribution in [0.15, 0.2) is 30.3 Å². The quantitative estimate of drug-likeness (QED) is 0.474. The van der Waals surface area contributed by atoms with Crippen LogP contribution in [0.4, 0.5) is 17.6 Å². The Hall–Kier alpha value is -2.44. The average Bonchev–Trinajstić information content (AvgIpc) is 2.39. The summed E-state index contributed by atoms with van der Waals surface area (Å²) in [5.74, 6) is -4.88. The Morgan fingerprint density at radius 3 is 1.71 bits per heavy atom. The summed E-state index contributed by atoms with van der Waals surface area (Å²) in [6, 6.07) is 3.99. The third kappa shape index (κ3) is 3.77. The molecule has 2 aromatic carbocycles. The van der Waals surface area contributed by atoms with Crippen LogP contribution >= 0.6 is 0 Å². The molecule has 0 atom stereocenters. The summed E-state index contributed by atoms with van der Waals surface area (Å²) < 4.78 is 57.6. The molecule has 21 heavy (non-hydrogen) atoms. The lowest BCUT2D eigenvalue weighted by atomic mass is 10.3. The Labute approximate surface area is 117 Å². The summed E-state index contributed by atoms with van der Waals surface area (Å²) in [4.78, 5) is 9.24. The van der Waals surface area contributed by atoms with Gasteiger partial charge in [0.05, 0.1) is 6.61 Å².